The average Bonchev–Trinajstić information content (AvgIpc) is 1.69. The van der Waals surface area contributed by atoms with Crippen molar-refractivity contribution in [2.45, 2.75) is 104 Å². The first kappa shape index (κ1) is 121. The molecule has 0 aromatic carbocycles. The van der Waals surface area contributed by atoms with Gasteiger partial charge in [-0.1, -0.05) is 165 Å². The monoisotopic (exact) mass is 2030 g/mol. The van der Waals surface area contributed by atoms with Gasteiger partial charge in [-0.15, -0.1) is 0 Å². The van der Waals surface area contributed by atoms with Gasteiger partial charge in [-0.3, -0.25) is 83.8 Å². The van der Waals surface area contributed by atoms with Crippen LogP contribution >= 0.6 is 154 Å². The van der Waals surface area contributed by atoms with E-state index in [1.165, 1.54) is 91.8 Å². The Bertz CT molecular complexity index is 4750. The molecule has 56 heteroatoms. The molecule has 4 N–H and O–H groups in total. The smallest absolute Gasteiger partial charge is 0.325 e. The lowest BCUT2D eigenvalue weighted by atomic mass is 10.3. The van der Waals surface area contributed by atoms with Crippen molar-refractivity contribution < 1.29 is 49.9 Å². The predicted molar refractivity (Wildman–Crippen MR) is 486 cm³/mol. The number of nitrogens with zero attached hydrogens (tertiary/aromatic N) is 22. The number of nitrogens with one attached hydrogen (secondary N) is 2. The maximum atomic E-state index is 12.4. The molecule has 0 fully saturated rings. The number of thiol groups is 4. The minimum absolute atomic E-state index is 0. The van der Waals surface area contributed by atoms with E-state index in [-0.39, 0.29) is 120 Å². The summed E-state index contributed by atoms with van der Waals surface area (Å²) in [5, 5.41) is 83.2. The van der Waals surface area contributed by atoms with Gasteiger partial charge in [0.1, 0.15) is 42.2 Å². The van der Waals surface area contributed by atoms with Crippen molar-refractivity contribution in [3.63, 3.8) is 0 Å². The molecule has 0 saturated carbocycles. The van der Waals surface area contributed by atoms with Crippen LogP contribution in [0.25, 0.3) is 0 Å². The van der Waals surface area contributed by atoms with Crippen LogP contribution in [-0.2, 0) is 71.8 Å². The average molecular weight is 2040 g/mol. The molecule has 9 heterocycles. The van der Waals surface area contributed by atoms with E-state index in [9.17, 15) is 75.8 Å². The van der Waals surface area contributed by atoms with Crippen LogP contribution in [0.1, 0.15) is 84.1 Å². The Morgan fingerprint density at radius 1 is 0.487 bits per heavy atom. The Kier molecular flexibility index (Phi) is 64.6. The Labute approximate surface area is 750 Å². The molecule has 9 aromatic rings. The molecular formula is C61H102Cl6IN25O16S8. The fraction of sp³-hybridized carbons (Fsp3) is 0.525. The third-order valence-corrected chi connectivity index (χ3v) is 20.9. The maximum absolute atomic E-state index is 12.4. The fourth-order valence-corrected chi connectivity index (χ4v) is 14.1. The number of alkyl halides is 1. The highest BCUT2D eigenvalue weighted by atomic mass is 127. The van der Waals surface area contributed by atoms with E-state index in [2.05, 4.69) is 167 Å². The molecule has 117 heavy (non-hydrogen) atoms. The molecule has 9 rings (SSSR count). The van der Waals surface area contributed by atoms with Gasteiger partial charge in [-0.2, -0.15) is 91.2 Å². The van der Waals surface area contributed by atoms with Gasteiger partial charge >= 0.3 is 28.4 Å². The van der Waals surface area contributed by atoms with Crippen LogP contribution in [0.2, 0.25) is 30.9 Å². The van der Waals surface area contributed by atoms with Crippen molar-refractivity contribution in [1.29, 1.82) is 0 Å². The standard InChI is InChI=1S/C12H15Cl2N5O2S.C8H13N3O4S.C8H13N3O2S.C8H15N3O2S.C4HCl3N2.C4H4ClN3O2.C4H5N3O2.C4H10S.C3H3N3O2.CH3I.3CH4S.2CH4/c1-7(2)6-22(20,21)11-9(5-19(3)18-11)16-10-8(13)4-15-12(14)17-10;1-6(2)5-16(14,15)8-7(11(12)13)4-10(3)9-8;1-6(2)5-14-8-7(11(12)13)4-10(3)9-8;1-6(2)5-14(12,13)8-7(9)4-11(3)10-8;5-2-1-8-4(7)9-3(2)6;1-7-2-3(8(9)10)4(5)6-7;1-6-3-4(2-5-6)7(8)9;1-4(2)3-5;7-6(8)3-1-4-5-2-3;4*1-2;;/h4-5,7H,6H2,1-3H3,(H,15,16,17);4,6H,5H2,1-3H3;4,6H,5H2,1-3H3;4,6H,5,9H2,1-3H3;1H;2H,1H3;2-3H,1H3;4-5H,3H2,1-2H3;1-2H,(H,4,5);1H3;3*2H,1H3;2*1H4. The first-order valence-electron chi connectivity index (χ1n) is 32.1. The molecule has 664 valence electrons. The molecule has 0 unspecified atom stereocenters. The Morgan fingerprint density at radius 3 is 1.22 bits per heavy atom. The number of anilines is 3. The minimum Gasteiger partial charge on any atom is -0.395 e. The number of aryl methyl sites for hydroxylation is 6. The Morgan fingerprint density at radius 2 is 0.880 bits per heavy atom. The molecule has 0 radical (unpaired) electrons. The molecule has 0 aliphatic carbocycles. The highest BCUT2D eigenvalue weighted by Crippen LogP contribution is 2.31. The summed E-state index contributed by atoms with van der Waals surface area (Å²) < 4.78 is 80.0. The van der Waals surface area contributed by atoms with Gasteiger partial charge in [0.05, 0.1) is 76.9 Å². The van der Waals surface area contributed by atoms with Gasteiger partial charge in [0.2, 0.25) is 30.6 Å². The Hall–Kier alpha value is -6.70. The number of sulfone groups is 3. The van der Waals surface area contributed by atoms with Crippen molar-refractivity contribution in [3.05, 3.63) is 150 Å². The van der Waals surface area contributed by atoms with Crippen molar-refractivity contribution in [1.82, 2.24) is 88.8 Å². The normalized spacial score (nSPS) is 10.2. The first-order valence-corrected chi connectivity index (χ1v) is 45.7. The number of rotatable bonds is 20. The van der Waals surface area contributed by atoms with E-state index in [0.717, 1.165) is 34.5 Å². The SMILES string of the molecule is C.C.CC(C)CS.CC(C)CS(=O)(=O)c1nn(C)cc1N.CC(C)CS(=O)(=O)c1nn(C)cc1Nc1nc(Cl)ncc1Cl.CC(C)CS(=O)(=O)c1nn(C)cc1[N+](=O)[O-].CC(C)CSc1nn(C)cc1[N+](=O)[O-].CI.CS.CS.CS.Clc1ncc(Cl)c(Cl)n1.Cn1cc([N+](=O)[O-])c(Cl)n1.Cn1cc([N+](=O)[O-])cn1.O=[N+]([O-])c1cn[nH]c1. The zero-order valence-corrected chi connectivity index (χ0v) is 79.3. The topological polar surface area (TPSA) is 543 Å². The van der Waals surface area contributed by atoms with Gasteiger partial charge < -0.3 is 11.1 Å². The number of H-pyrrole nitrogens is 1. The van der Waals surface area contributed by atoms with E-state index >= 15 is 0 Å². The lowest BCUT2D eigenvalue weighted by Gasteiger charge is -2.09. The summed E-state index contributed by atoms with van der Waals surface area (Å²) in [7, 11) is -0.931. The van der Waals surface area contributed by atoms with E-state index in [1.807, 2.05) is 32.6 Å². The molecule has 0 saturated heterocycles. The van der Waals surface area contributed by atoms with Crippen LogP contribution in [0.15, 0.2) is 88.3 Å². The lowest BCUT2D eigenvalue weighted by molar-refractivity contribution is -0.388. The summed E-state index contributed by atoms with van der Waals surface area (Å²) in [6.45, 7) is 19.2. The molecule has 0 bridgehead atoms. The molecule has 9 aromatic heterocycles. The van der Waals surface area contributed by atoms with Crippen molar-refractivity contribution in [2.75, 3.05) is 63.5 Å². The third kappa shape index (κ3) is 49.6. The highest BCUT2D eigenvalue weighted by Gasteiger charge is 2.31. The Balaban J connectivity index is -0.000000299. The number of nitro groups is 5. The predicted octanol–water partition coefficient (Wildman–Crippen LogP) is 15.6. The number of hydrogen-bond donors (Lipinski definition) is 7. The zero-order chi connectivity index (χ0) is 90.3. The molecule has 0 atom stereocenters. The van der Waals surface area contributed by atoms with Crippen LogP contribution in [-0.4, -0.2) is 191 Å². The number of halogens is 7. The largest absolute Gasteiger partial charge is 0.395 e. The molecule has 41 nitrogen and oxygen atoms in total. The summed E-state index contributed by atoms with van der Waals surface area (Å²) in [5.41, 5.74) is 5.53. The zero-order valence-electron chi connectivity index (χ0n) is 65.8. The first-order chi connectivity index (χ1) is 53.3. The van der Waals surface area contributed by atoms with E-state index < -0.39 is 64.8 Å². The minimum atomic E-state index is -3.69. The summed E-state index contributed by atoms with van der Waals surface area (Å²) in [4.78, 5) is 65.2. The number of nitrogens with two attached hydrogens (primary N) is 1. The van der Waals surface area contributed by atoms with Crippen LogP contribution < -0.4 is 11.1 Å². The number of thioether (sulfide) groups is 1. The van der Waals surface area contributed by atoms with E-state index in [0.29, 0.717) is 21.7 Å². The third-order valence-electron chi connectivity index (χ3n) is 11.2. The number of hydrogen-bond acceptors (Lipinski definition) is 34. The lowest BCUT2D eigenvalue weighted by Crippen LogP contribution is -2.14. The van der Waals surface area contributed by atoms with Crippen molar-refractivity contribution >= 4 is 230 Å². The second-order valence-corrected chi connectivity index (χ2v) is 33.1. The van der Waals surface area contributed by atoms with Crippen LogP contribution in [0.3, 0.4) is 0 Å². The van der Waals surface area contributed by atoms with Crippen LogP contribution in [0.4, 0.5) is 45.6 Å². The van der Waals surface area contributed by atoms with Crippen LogP contribution in [0, 0.1) is 80.2 Å². The van der Waals surface area contributed by atoms with Crippen molar-refractivity contribution in [3.8, 4) is 0 Å². The summed E-state index contributed by atoms with van der Waals surface area (Å²) in [6, 6.07) is 0. The molecular weight excluding hydrogens is 1930 g/mol. The maximum Gasteiger partial charge on any atom is 0.325 e. The van der Waals surface area contributed by atoms with Crippen molar-refractivity contribution in [2.24, 2.45) is 71.9 Å². The van der Waals surface area contributed by atoms with Gasteiger partial charge in [-0.25, -0.2) is 40.2 Å². The molecule has 0 spiro atoms. The van der Waals surface area contributed by atoms with Crippen LogP contribution in [0.5, 0.6) is 0 Å². The summed E-state index contributed by atoms with van der Waals surface area (Å²) in [6.07, 6.45) is 19.5. The number of aromatic nitrogens is 18. The van der Waals surface area contributed by atoms with E-state index in [1.54, 1.807) is 74.0 Å². The summed E-state index contributed by atoms with van der Waals surface area (Å²) in [5.74, 6) is 3.19. The second kappa shape index (κ2) is 62.4. The van der Waals surface area contributed by atoms with E-state index in [4.69, 9.17) is 75.3 Å². The molecule has 0 aliphatic rings. The molecule has 0 amide bonds. The summed E-state index contributed by atoms with van der Waals surface area (Å²) >= 11 is 51.5. The highest BCUT2D eigenvalue weighted by molar-refractivity contribution is 14.1. The van der Waals surface area contributed by atoms with Gasteiger partial charge in [0, 0.05) is 60.4 Å². The quantitative estimate of drug-likeness (QED) is 0.00544. The number of nitrogen functional groups attached to an aromatic ring is 1. The van der Waals surface area contributed by atoms with Gasteiger partial charge in [-0.05, 0) is 82.2 Å². The molecule has 0 aliphatic heterocycles. The van der Waals surface area contributed by atoms with Gasteiger partial charge in [0.15, 0.2) is 40.7 Å². The number of aromatic amines is 1. The second-order valence-electron chi connectivity index (χ2n) is 23.7. The van der Waals surface area contributed by atoms with Gasteiger partial charge in [0.25, 0.3) is 5.03 Å². The fourth-order valence-electron chi connectivity index (χ4n) is 7.10.